The van der Waals surface area contributed by atoms with Gasteiger partial charge in [-0.05, 0) is 0 Å². The van der Waals surface area contributed by atoms with Gasteiger partial charge in [-0.3, -0.25) is 0 Å². The van der Waals surface area contributed by atoms with Crippen molar-refractivity contribution < 1.29 is 24.1 Å². The van der Waals surface area contributed by atoms with Gasteiger partial charge >= 0.3 is 246 Å². The van der Waals surface area contributed by atoms with Crippen molar-refractivity contribution in [1.82, 2.24) is 0 Å². The molecule has 0 atom stereocenters. The fraction of sp³-hybridized carbons (Fsp3) is 1.00. The Morgan fingerprint density at radius 3 is 0.569 bits per heavy atom. The van der Waals surface area contributed by atoms with E-state index in [4.69, 9.17) is 3.66 Å². The standard InChI is InChI=1S/C18H37O.2C18H37.2O.V/c1-2-3-4-5-6-7-8-9-10-11-12-13-14-15-16-17-18-19;2*1-3-5-7-9-11-13-15-17-18-16-14-12-10-8-6-4-2;;;/h2-18H2,1H3;2*1,3-18H2,2H3;;;/q-1;;;;;+1. The Hall–Kier alpha value is 0.144. The van der Waals surface area contributed by atoms with Crippen LogP contribution in [0.2, 0.25) is 10.3 Å². The van der Waals surface area contributed by atoms with E-state index in [0.717, 1.165) is 38.5 Å². The molecular weight excluding hydrogens is 748 g/mol. The zero-order valence-corrected chi connectivity index (χ0v) is 42.1. The molecule has 0 spiro atoms. The molecule has 0 radical (unpaired) electrons. The molecule has 0 aliphatic rings. The second-order valence-electron chi connectivity index (χ2n) is 19.4. The second-order valence-corrected chi connectivity index (χ2v) is 25.0. The summed E-state index contributed by atoms with van der Waals surface area (Å²) in [4.78, 5) is 0. The zero-order chi connectivity index (χ0) is 42.2. The summed E-state index contributed by atoms with van der Waals surface area (Å²) in [5.41, 5.74) is 0. The van der Waals surface area contributed by atoms with E-state index in [1.807, 2.05) is 0 Å². The Balaban J connectivity index is 4.22. The maximum atomic E-state index is 14.1. The van der Waals surface area contributed by atoms with Gasteiger partial charge in [-0.25, -0.2) is 0 Å². The van der Waals surface area contributed by atoms with Crippen molar-refractivity contribution in [3.05, 3.63) is 0 Å². The molecule has 0 fully saturated rings. The van der Waals surface area contributed by atoms with Crippen LogP contribution in [-0.4, -0.2) is 6.61 Å². The Labute approximate surface area is 368 Å². The molecule has 0 aromatic heterocycles. The Kier molecular flexibility index (Phi) is 46.8. The first-order chi connectivity index (χ1) is 28.5. The van der Waals surface area contributed by atoms with E-state index in [0.29, 0.717) is 16.9 Å². The molecule has 0 saturated carbocycles. The van der Waals surface area contributed by atoms with Crippen molar-refractivity contribution in [3.63, 3.8) is 0 Å². The van der Waals surface area contributed by atoms with E-state index in [9.17, 15) is 7.35 Å². The van der Waals surface area contributed by atoms with E-state index in [-0.39, 0.29) is 0 Å². The molecular formula is C54H111O3V. The molecule has 0 aromatic rings. The third-order valence-corrected chi connectivity index (χ3v) is 18.1. The van der Waals surface area contributed by atoms with Crippen molar-refractivity contribution in [2.75, 3.05) is 6.61 Å². The molecule has 58 heavy (non-hydrogen) atoms. The third-order valence-electron chi connectivity index (χ3n) is 13.3. The van der Waals surface area contributed by atoms with Gasteiger partial charge in [0.25, 0.3) is 0 Å². The van der Waals surface area contributed by atoms with Crippen LogP contribution in [0.4, 0.5) is 0 Å². The number of hydrogen-bond donors (Lipinski definition) is 0. The maximum absolute atomic E-state index is 14.1. The Bertz CT molecular complexity index is 850. The zero-order valence-electron chi connectivity index (χ0n) is 40.7. The Morgan fingerprint density at radius 2 is 0.379 bits per heavy atom. The van der Waals surface area contributed by atoms with Crippen LogP contribution in [0.15, 0.2) is 0 Å². The van der Waals surface area contributed by atoms with Gasteiger partial charge in [0.05, 0.1) is 0 Å². The van der Waals surface area contributed by atoms with Crippen LogP contribution < -0.4 is 0 Å². The molecule has 3 nitrogen and oxygen atoms in total. The van der Waals surface area contributed by atoms with Gasteiger partial charge in [-0.2, -0.15) is 0 Å². The van der Waals surface area contributed by atoms with Gasteiger partial charge in [0.2, 0.25) is 0 Å². The van der Waals surface area contributed by atoms with Gasteiger partial charge in [-0.15, -0.1) is 0 Å². The summed E-state index contributed by atoms with van der Waals surface area (Å²) in [6.45, 7) is 7.31. The molecule has 4 heteroatoms. The fourth-order valence-electron chi connectivity index (χ4n) is 9.09. The molecule has 0 saturated heterocycles. The minimum Gasteiger partial charge on any atom is -0.0654 e. The average molecular weight is 859 g/mol. The van der Waals surface area contributed by atoms with E-state index < -0.39 is 13.1 Å². The van der Waals surface area contributed by atoms with Crippen molar-refractivity contribution in [2.24, 2.45) is 0 Å². The molecule has 0 unspecified atom stereocenters. The SMILES string of the molecule is CCCCCCCCCCCCCCCCCC[O][V](=[O])(=[O])([CH2]CCCCCCCCCCCCCCCCC)[CH2]CCCCCCCCCCCCCCCCC. The third kappa shape index (κ3) is 45.7. The minimum atomic E-state index is -5.20. The molecule has 0 N–H and O–H groups in total. The Morgan fingerprint density at radius 1 is 0.224 bits per heavy atom. The summed E-state index contributed by atoms with van der Waals surface area (Å²) < 4.78 is 34.3. The van der Waals surface area contributed by atoms with Crippen molar-refractivity contribution in [1.29, 1.82) is 0 Å². The van der Waals surface area contributed by atoms with Crippen LogP contribution in [0.3, 0.4) is 0 Å². The van der Waals surface area contributed by atoms with E-state index >= 15 is 0 Å². The van der Waals surface area contributed by atoms with Crippen molar-refractivity contribution in [3.8, 4) is 0 Å². The number of hydrogen-bond acceptors (Lipinski definition) is 3. The van der Waals surface area contributed by atoms with Crippen molar-refractivity contribution in [2.45, 2.75) is 339 Å². The molecule has 0 aromatic carbocycles. The number of unbranched alkanes of at least 4 members (excludes halogenated alkanes) is 45. The first-order valence-corrected chi connectivity index (χ1v) is 31.3. The second kappa shape index (κ2) is 46.6. The molecule has 0 heterocycles. The first-order valence-electron chi connectivity index (χ1n) is 27.6. The quantitative estimate of drug-likeness (QED) is 0.0572. The van der Waals surface area contributed by atoms with E-state index in [2.05, 4.69) is 20.8 Å². The fourth-order valence-corrected chi connectivity index (χ4v) is 13.3. The van der Waals surface area contributed by atoms with Crippen molar-refractivity contribution >= 4 is 0 Å². The van der Waals surface area contributed by atoms with Crippen LogP contribution in [0, 0.1) is 0 Å². The number of rotatable bonds is 52. The summed E-state index contributed by atoms with van der Waals surface area (Å²) in [5.74, 6) is 0. The summed E-state index contributed by atoms with van der Waals surface area (Å²) in [6.07, 6.45) is 63.4. The first kappa shape index (κ1) is 58.1. The predicted molar refractivity (Wildman–Crippen MR) is 256 cm³/mol. The van der Waals surface area contributed by atoms with Gasteiger partial charge in [-0.1, -0.05) is 124 Å². The summed E-state index contributed by atoms with van der Waals surface area (Å²) >= 11 is -5.20. The van der Waals surface area contributed by atoms with Crippen LogP contribution in [0.5, 0.6) is 0 Å². The van der Waals surface area contributed by atoms with Crippen LogP contribution in [0.25, 0.3) is 0 Å². The smallest absolute Gasteiger partial charge is 0.0654 e. The van der Waals surface area contributed by atoms with Gasteiger partial charge in [0.1, 0.15) is 0 Å². The summed E-state index contributed by atoms with van der Waals surface area (Å²) in [6, 6.07) is 0. The van der Waals surface area contributed by atoms with Crippen LogP contribution in [0.1, 0.15) is 329 Å². The van der Waals surface area contributed by atoms with Crippen LogP contribution >= 0.6 is 0 Å². The summed E-state index contributed by atoms with van der Waals surface area (Å²) in [5, 5.41) is 0.628. The molecule has 0 rings (SSSR count). The summed E-state index contributed by atoms with van der Waals surface area (Å²) in [7, 11) is 0. The topological polar surface area (TPSA) is 43.4 Å². The van der Waals surface area contributed by atoms with Gasteiger partial charge in [0.15, 0.2) is 0 Å². The molecule has 350 valence electrons. The normalized spacial score (nSPS) is 12.3. The monoisotopic (exact) mass is 859 g/mol. The van der Waals surface area contributed by atoms with E-state index in [1.165, 1.54) is 270 Å². The molecule has 0 aliphatic carbocycles. The molecule has 0 bridgehead atoms. The van der Waals surface area contributed by atoms with E-state index in [1.54, 1.807) is 0 Å². The minimum absolute atomic E-state index is 0.314. The van der Waals surface area contributed by atoms with Gasteiger partial charge in [0, 0.05) is 0 Å². The average Bonchev–Trinajstić information content (AvgIpc) is 3.21. The van der Waals surface area contributed by atoms with Crippen LogP contribution in [-0.2, 0) is 24.1 Å². The van der Waals surface area contributed by atoms with Gasteiger partial charge < -0.3 is 0 Å². The predicted octanol–water partition coefficient (Wildman–Crippen LogP) is 20.9. The molecule has 0 amide bonds. The molecule has 0 aliphatic heterocycles.